The molecule has 1 heterocycles. The van der Waals surface area contributed by atoms with E-state index in [0.717, 1.165) is 19.5 Å². The molecule has 0 amide bonds. The van der Waals surface area contributed by atoms with E-state index in [1.54, 1.807) is 0 Å². The van der Waals surface area contributed by atoms with Gasteiger partial charge in [-0.2, -0.15) is 0 Å². The van der Waals surface area contributed by atoms with Gasteiger partial charge in [0.05, 0.1) is 6.54 Å². The molecule has 1 aliphatic heterocycles. The van der Waals surface area contributed by atoms with Crippen molar-refractivity contribution >= 4 is 5.97 Å². The molecule has 0 aromatic carbocycles. The maximum absolute atomic E-state index is 10.8. The number of aliphatic carboxylic acids is 1. The quantitative estimate of drug-likeness (QED) is 0.754. The van der Waals surface area contributed by atoms with Gasteiger partial charge in [-0.05, 0) is 40.3 Å². The van der Waals surface area contributed by atoms with Crippen molar-refractivity contribution < 1.29 is 9.90 Å². The smallest absolute Gasteiger partial charge is 0.317 e. The maximum atomic E-state index is 10.8. The first-order valence-corrected chi connectivity index (χ1v) is 5.66. The molecular weight excluding hydrogens is 192 g/mol. The molecule has 1 fully saturated rings. The Bertz CT molecular complexity index is 219. The summed E-state index contributed by atoms with van der Waals surface area (Å²) in [6.45, 7) is 6.42. The average Bonchev–Trinajstić information content (AvgIpc) is 2.13. The van der Waals surface area contributed by atoms with Crippen molar-refractivity contribution in [1.29, 1.82) is 0 Å². The Morgan fingerprint density at radius 1 is 1.60 bits per heavy atom. The molecule has 0 aromatic heterocycles. The van der Waals surface area contributed by atoms with E-state index < -0.39 is 5.97 Å². The van der Waals surface area contributed by atoms with Crippen LogP contribution in [-0.2, 0) is 4.79 Å². The monoisotopic (exact) mass is 214 g/mol. The molecule has 1 unspecified atom stereocenters. The number of carboxylic acid groups (broad SMARTS) is 1. The summed E-state index contributed by atoms with van der Waals surface area (Å²) in [7, 11) is 2.10. The van der Waals surface area contributed by atoms with Gasteiger partial charge in [0.2, 0.25) is 0 Å². The van der Waals surface area contributed by atoms with E-state index in [1.807, 2.05) is 0 Å². The van der Waals surface area contributed by atoms with E-state index in [9.17, 15) is 4.79 Å². The molecule has 0 bridgehead atoms. The van der Waals surface area contributed by atoms with Gasteiger partial charge in [0, 0.05) is 18.6 Å². The van der Waals surface area contributed by atoms with Gasteiger partial charge >= 0.3 is 5.97 Å². The Labute approximate surface area is 91.9 Å². The van der Waals surface area contributed by atoms with Crippen molar-refractivity contribution in [3.8, 4) is 0 Å². The topological polar surface area (TPSA) is 43.8 Å². The molecule has 0 spiro atoms. The Balaban J connectivity index is 2.57. The Morgan fingerprint density at radius 2 is 2.27 bits per heavy atom. The fourth-order valence-electron chi connectivity index (χ4n) is 2.30. The van der Waals surface area contributed by atoms with Crippen molar-refractivity contribution in [2.75, 3.05) is 26.7 Å². The SMILES string of the molecule is CC(C)N(CC(=O)O)C1CCCN(C)C1. The van der Waals surface area contributed by atoms with Gasteiger partial charge < -0.3 is 10.0 Å². The molecule has 4 nitrogen and oxygen atoms in total. The van der Waals surface area contributed by atoms with E-state index in [2.05, 4.69) is 30.7 Å². The Hall–Kier alpha value is -0.610. The van der Waals surface area contributed by atoms with Gasteiger partial charge in [-0.15, -0.1) is 0 Å². The highest BCUT2D eigenvalue weighted by Gasteiger charge is 2.26. The normalized spacial score (nSPS) is 23.7. The summed E-state index contributed by atoms with van der Waals surface area (Å²) in [5, 5.41) is 8.87. The lowest BCUT2D eigenvalue weighted by molar-refractivity contribution is -0.139. The van der Waals surface area contributed by atoms with Crippen LogP contribution in [0.1, 0.15) is 26.7 Å². The first-order chi connectivity index (χ1) is 7.00. The predicted octanol–water partition coefficient (Wildman–Crippen LogP) is 0.876. The first kappa shape index (κ1) is 12.5. The molecule has 1 N–H and O–H groups in total. The van der Waals surface area contributed by atoms with Crippen LogP contribution in [-0.4, -0.2) is 59.6 Å². The molecule has 0 aromatic rings. The third-order valence-corrected chi connectivity index (χ3v) is 3.05. The standard InChI is InChI=1S/C11H22N2O2/c1-9(2)13(8-11(14)15)10-5-4-6-12(3)7-10/h9-10H,4-8H2,1-3H3,(H,14,15). The molecule has 88 valence electrons. The molecule has 15 heavy (non-hydrogen) atoms. The van der Waals surface area contributed by atoms with E-state index in [1.165, 1.54) is 6.42 Å². The number of nitrogens with zero attached hydrogens (tertiary/aromatic N) is 2. The van der Waals surface area contributed by atoms with Crippen LogP contribution in [0.25, 0.3) is 0 Å². The number of likely N-dealkylation sites (tertiary alicyclic amines) is 1. The van der Waals surface area contributed by atoms with Crippen molar-refractivity contribution in [2.45, 2.75) is 38.8 Å². The second-order valence-electron chi connectivity index (χ2n) is 4.72. The van der Waals surface area contributed by atoms with Crippen molar-refractivity contribution in [3.63, 3.8) is 0 Å². The zero-order valence-corrected chi connectivity index (χ0v) is 9.94. The zero-order chi connectivity index (χ0) is 11.4. The highest BCUT2D eigenvalue weighted by atomic mass is 16.4. The molecule has 0 aliphatic carbocycles. The third kappa shape index (κ3) is 3.80. The summed E-state index contributed by atoms with van der Waals surface area (Å²) in [4.78, 5) is 15.2. The summed E-state index contributed by atoms with van der Waals surface area (Å²) < 4.78 is 0. The fraction of sp³-hybridized carbons (Fsp3) is 0.909. The average molecular weight is 214 g/mol. The molecule has 0 radical (unpaired) electrons. The fourth-order valence-corrected chi connectivity index (χ4v) is 2.30. The van der Waals surface area contributed by atoms with Crippen molar-refractivity contribution in [2.24, 2.45) is 0 Å². The van der Waals surface area contributed by atoms with Crippen LogP contribution in [0, 0.1) is 0 Å². The van der Waals surface area contributed by atoms with E-state index in [4.69, 9.17) is 5.11 Å². The van der Waals surface area contributed by atoms with E-state index in [0.29, 0.717) is 12.1 Å². The summed E-state index contributed by atoms with van der Waals surface area (Å²) in [5.41, 5.74) is 0. The van der Waals surface area contributed by atoms with Crippen LogP contribution in [0.2, 0.25) is 0 Å². The largest absolute Gasteiger partial charge is 0.480 e. The molecule has 0 saturated carbocycles. The minimum Gasteiger partial charge on any atom is -0.480 e. The Kier molecular flexibility index (Phi) is 4.54. The summed E-state index contributed by atoms with van der Waals surface area (Å²) in [6, 6.07) is 0.706. The number of rotatable bonds is 4. The zero-order valence-electron chi connectivity index (χ0n) is 9.94. The lowest BCUT2D eigenvalue weighted by atomic mass is 10.0. The van der Waals surface area contributed by atoms with Crippen LogP contribution in [0.5, 0.6) is 0 Å². The van der Waals surface area contributed by atoms with Crippen molar-refractivity contribution in [1.82, 2.24) is 9.80 Å². The van der Waals surface area contributed by atoms with Gasteiger partial charge in [0.15, 0.2) is 0 Å². The van der Waals surface area contributed by atoms with Crippen LogP contribution in [0.15, 0.2) is 0 Å². The summed E-state index contributed by atoms with van der Waals surface area (Å²) in [6.07, 6.45) is 2.29. The number of carbonyl (C=O) groups is 1. The molecule has 4 heteroatoms. The molecular formula is C11H22N2O2. The summed E-state index contributed by atoms with van der Waals surface area (Å²) in [5.74, 6) is -0.725. The number of likely N-dealkylation sites (N-methyl/N-ethyl adjacent to an activating group) is 1. The number of carboxylic acids is 1. The highest BCUT2D eigenvalue weighted by molar-refractivity contribution is 5.69. The van der Waals surface area contributed by atoms with Gasteiger partial charge in [-0.25, -0.2) is 0 Å². The van der Waals surface area contributed by atoms with Crippen LogP contribution in [0.4, 0.5) is 0 Å². The van der Waals surface area contributed by atoms with Gasteiger partial charge in [-0.3, -0.25) is 9.69 Å². The predicted molar refractivity (Wildman–Crippen MR) is 60.0 cm³/mol. The van der Waals surface area contributed by atoms with Gasteiger partial charge in [-0.1, -0.05) is 0 Å². The van der Waals surface area contributed by atoms with Crippen LogP contribution >= 0.6 is 0 Å². The Morgan fingerprint density at radius 3 is 2.73 bits per heavy atom. The van der Waals surface area contributed by atoms with E-state index >= 15 is 0 Å². The second kappa shape index (κ2) is 5.47. The number of hydrogen-bond acceptors (Lipinski definition) is 3. The van der Waals surface area contributed by atoms with Gasteiger partial charge in [0.25, 0.3) is 0 Å². The summed E-state index contributed by atoms with van der Waals surface area (Å²) >= 11 is 0. The second-order valence-corrected chi connectivity index (χ2v) is 4.72. The van der Waals surface area contributed by atoms with Crippen LogP contribution in [0.3, 0.4) is 0 Å². The molecule has 1 aliphatic rings. The third-order valence-electron chi connectivity index (χ3n) is 3.05. The number of hydrogen-bond donors (Lipinski definition) is 1. The minimum atomic E-state index is -0.725. The van der Waals surface area contributed by atoms with Crippen molar-refractivity contribution in [3.05, 3.63) is 0 Å². The molecule has 1 rings (SSSR count). The first-order valence-electron chi connectivity index (χ1n) is 5.66. The number of piperidine rings is 1. The lowest BCUT2D eigenvalue weighted by Crippen LogP contribution is -2.51. The van der Waals surface area contributed by atoms with Gasteiger partial charge in [0.1, 0.15) is 0 Å². The molecule has 1 saturated heterocycles. The highest BCUT2D eigenvalue weighted by Crippen LogP contribution is 2.16. The maximum Gasteiger partial charge on any atom is 0.317 e. The lowest BCUT2D eigenvalue weighted by Gasteiger charge is -2.39. The van der Waals surface area contributed by atoms with Crippen LogP contribution < -0.4 is 0 Å². The minimum absolute atomic E-state index is 0.163. The molecule has 1 atom stereocenters. The van der Waals surface area contributed by atoms with E-state index in [-0.39, 0.29) is 6.54 Å².